The van der Waals surface area contributed by atoms with Gasteiger partial charge in [0.2, 0.25) is 0 Å². The molecule has 34 heavy (non-hydrogen) atoms. The van der Waals surface area contributed by atoms with Crippen LogP contribution in [0.4, 0.5) is 4.79 Å². The number of hydrogen-bond acceptors (Lipinski definition) is 5. The van der Waals surface area contributed by atoms with Gasteiger partial charge in [-0.25, -0.2) is 9.78 Å². The molecular weight excluding hydrogens is 434 g/mol. The van der Waals surface area contributed by atoms with Crippen LogP contribution in [-0.4, -0.2) is 46.1 Å². The number of benzene rings is 1. The number of fused-ring (bicyclic) bond motifs is 1. The summed E-state index contributed by atoms with van der Waals surface area (Å²) >= 11 is 0. The quantitative estimate of drug-likeness (QED) is 0.425. The van der Waals surface area contributed by atoms with Crippen LogP contribution in [0.3, 0.4) is 0 Å². The molecule has 2 heterocycles. The van der Waals surface area contributed by atoms with Crippen LogP contribution in [0.1, 0.15) is 46.5 Å². The summed E-state index contributed by atoms with van der Waals surface area (Å²) in [5.41, 5.74) is 7.91. The Labute approximate surface area is 196 Å². The molecule has 3 aromatic rings. The number of para-hydroxylation sites is 1. The third-order valence-electron chi connectivity index (χ3n) is 6.33. The molecular formula is C25H27N5O4. The first-order valence-corrected chi connectivity index (χ1v) is 11.3. The maximum atomic E-state index is 13.2. The Morgan fingerprint density at radius 3 is 2.26 bits per heavy atom. The molecule has 5 N–H and O–H groups in total. The van der Waals surface area contributed by atoms with Gasteiger partial charge in [-0.3, -0.25) is 14.6 Å². The molecule has 1 aromatic carbocycles. The van der Waals surface area contributed by atoms with Gasteiger partial charge in [0.1, 0.15) is 5.69 Å². The van der Waals surface area contributed by atoms with Crippen LogP contribution in [0.5, 0.6) is 0 Å². The Kier molecular flexibility index (Phi) is 7.01. The normalized spacial score (nSPS) is 17.8. The predicted octanol–water partition coefficient (Wildman–Crippen LogP) is 3.20. The minimum Gasteiger partial charge on any atom is -0.465 e. The summed E-state index contributed by atoms with van der Waals surface area (Å²) in [4.78, 5) is 43.9. The Morgan fingerprint density at radius 1 is 0.971 bits per heavy atom. The van der Waals surface area contributed by atoms with Gasteiger partial charge in [-0.1, -0.05) is 18.2 Å². The van der Waals surface area contributed by atoms with Gasteiger partial charge in [-0.2, -0.15) is 0 Å². The molecule has 176 valence electrons. The number of carbonyl (C=O) groups excluding carboxylic acids is 2. The number of hydrogen-bond donors (Lipinski definition) is 4. The zero-order valence-corrected chi connectivity index (χ0v) is 18.7. The highest BCUT2D eigenvalue weighted by atomic mass is 16.4. The molecule has 1 aliphatic carbocycles. The molecule has 0 spiro atoms. The molecule has 9 heteroatoms. The van der Waals surface area contributed by atoms with Gasteiger partial charge in [-0.05, 0) is 61.8 Å². The minimum atomic E-state index is -0.988. The van der Waals surface area contributed by atoms with Gasteiger partial charge in [0.15, 0.2) is 0 Å². The van der Waals surface area contributed by atoms with Crippen molar-refractivity contribution in [2.24, 2.45) is 17.6 Å². The number of carboxylic acid groups (broad SMARTS) is 1. The number of carbonyl (C=O) groups is 3. The van der Waals surface area contributed by atoms with Crippen molar-refractivity contribution in [3.8, 4) is 11.3 Å². The Hall–Kier alpha value is -4.01. The van der Waals surface area contributed by atoms with Gasteiger partial charge in [0.05, 0.1) is 16.8 Å². The van der Waals surface area contributed by atoms with Gasteiger partial charge in [0.25, 0.3) is 11.8 Å². The average molecular weight is 462 g/mol. The highest BCUT2D eigenvalue weighted by Gasteiger charge is 2.23. The molecule has 0 saturated heterocycles. The van der Waals surface area contributed by atoms with Crippen LogP contribution in [0.2, 0.25) is 0 Å². The van der Waals surface area contributed by atoms with E-state index in [1.165, 1.54) is 12.3 Å². The fourth-order valence-corrected chi connectivity index (χ4v) is 4.41. The first kappa shape index (κ1) is 23.2. The summed E-state index contributed by atoms with van der Waals surface area (Å²) < 4.78 is 0. The van der Waals surface area contributed by atoms with Gasteiger partial charge in [0, 0.05) is 30.2 Å². The molecule has 0 bridgehead atoms. The van der Waals surface area contributed by atoms with E-state index in [0.717, 1.165) is 31.1 Å². The molecule has 1 saturated carbocycles. The molecule has 2 aromatic heterocycles. The number of nitrogens with two attached hydrogens (primary N) is 1. The number of amides is 3. The van der Waals surface area contributed by atoms with E-state index >= 15 is 0 Å². The molecule has 3 amide bonds. The lowest BCUT2D eigenvalue weighted by molar-refractivity contribution is 0.0941. The summed E-state index contributed by atoms with van der Waals surface area (Å²) in [6.07, 6.45) is 4.32. The van der Waals surface area contributed by atoms with Crippen LogP contribution in [0.15, 0.2) is 48.7 Å². The van der Waals surface area contributed by atoms with Crippen LogP contribution in [0, 0.1) is 11.8 Å². The van der Waals surface area contributed by atoms with E-state index in [1.807, 2.05) is 24.3 Å². The zero-order valence-electron chi connectivity index (χ0n) is 18.7. The van der Waals surface area contributed by atoms with Gasteiger partial charge in [-0.15, -0.1) is 0 Å². The summed E-state index contributed by atoms with van der Waals surface area (Å²) in [7, 11) is 0. The molecule has 0 atom stereocenters. The van der Waals surface area contributed by atoms with E-state index in [-0.39, 0.29) is 11.6 Å². The van der Waals surface area contributed by atoms with Crippen molar-refractivity contribution in [1.29, 1.82) is 0 Å². The highest BCUT2D eigenvalue weighted by molar-refractivity contribution is 6.07. The van der Waals surface area contributed by atoms with Crippen LogP contribution in [-0.2, 0) is 0 Å². The molecule has 0 unspecified atom stereocenters. The average Bonchev–Trinajstić information content (AvgIpc) is 2.86. The standard InChI is InChI=1S/C25H27N5O4/c26-23(31)21-10-9-17(14-27-21)22-11-19(18-3-1-2-4-20(18)30-22)24(32)28-12-15-5-7-16(8-6-15)13-29-25(33)34/h1-4,9-11,14-16,29H,5-8,12-13H2,(H2,26,31)(H,28,32)(H,33,34). The Bertz CT molecular complexity index is 1200. The minimum absolute atomic E-state index is 0.163. The zero-order chi connectivity index (χ0) is 24.1. The fourth-order valence-electron chi connectivity index (χ4n) is 4.41. The summed E-state index contributed by atoms with van der Waals surface area (Å²) in [5, 5.41) is 15.1. The molecule has 1 aliphatic rings. The number of nitrogens with one attached hydrogen (secondary N) is 2. The smallest absolute Gasteiger partial charge is 0.404 e. The number of primary amides is 1. The number of rotatable bonds is 7. The second kappa shape index (κ2) is 10.3. The van der Waals surface area contributed by atoms with Crippen molar-refractivity contribution in [2.75, 3.05) is 13.1 Å². The second-order valence-electron chi connectivity index (χ2n) is 8.65. The van der Waals surface area contributed by atoms with Crippen molar-refractivity contribution in [3.63, 3.8) is 0 Å². The largest absolute Gasteiger partial charge is 0.465 e. The van der Waals surface area contributed by atoms with E-state index in [2.05, 4.69) is 20.6 Å². The SMILES string of the molecule is NC(=O)c1ccc(-c2cc(C(=O)NCC3CCC(CNC(=O)O)CC3)c3ccccc3n2)cn1. The Balaban J connectivity index is 1.47. The maximum absolute atomic E-state index is 13.2. The number of nitrogens with zero attached hydrogens (tertiary/aromatic N) is 2. The van der Waals surface area contributed by atoms with Gasteiger partial charge < -0.3 is 21.5 Å². The molecule has 0 radical (unpaired) electrons. The molecule has 0 aliphatic heterocycles. The summed E-state index contributed by atoms with van der Waals surface area (Å²) in [6, 6.07) is 12.5. The lowest BCUT2D eigenvalue weighted by Crippen LogP contribution is -2.34. The lowest BCUT2D eigenvalue weighted by Gasteiger charge is -2.28. The topological polar surface area (TPSA) is 147 Å². The van der Waals surface area contributed by atoms with Crippen molar-refractivity contribution in [2.45, 2.75) is 25.7 Å². The van der Waals surface area contributed by atoms with E-state index in [0.29, 0.717) is 47.3 Å². The third kappa shape index (κ3) is 5.48. The van der Waals surface area contributed by atoms with E-state index in [4.69, 9.17) is 10.8 Å². The highest BCUT2D eigenvalue weighted by Crippen LogP contribution is 2.29. The van der Waals surface area contributed by atoms with Crippen LogP contribution in [0.25, 0.3) is 22.2 Å². The van der Waals surface area contributed by atoms with E-state index in [1.54, 1.807) is 12.1 Å². The number of pyridine rings is 2. The van der Waals surface area contributed by atoms with E-state index in [9.17, 15) is 14.4 Å². The van der Waals surface area contributed by atoms with Crippen molar-refractivity contribution in [1.82, 2.24) is 20.6 Å². The lowest BCUT2D eigenvalue weighted by atomic mass is 9.82. The first-order chi connectivity index (χ1) is 16.4. The maximum Gasteiger partial charge on any atom is 0.404 e. The van der Waals surface area contributed by atoms with Crippen LogP contribution >= 0.6 is 0 Å². The van der Waals surface area contributed by atoms with Crippen LogP contribution < -0.4 is 16.4 Å². The van der Waals surface area contributed by atoms with Gasteiger partial charge >= 0.3 is 6.09 Å². The monoisotopic (exact) mass is 461 g/mol. The third-order valence-corrected chi connectivity index (χ3v) is 6.33. The summed E-state index contributed by atoms with van der Waals surface area (Å²) in [5.74, 6) is -0.0611. The summed E-state index contributed by atoms with van der Waals surface area (Å²) in [6.45, 7) is 1.05. The van der Waals surface area contributed by atoms with Crippen molar-refractivity contribution in [3.05, 3.63) is 59.9 Å². The molecule has 1 fully saturated rings. The molecule has 4 rings (SSSR count). The molecule has 9 nitrogen and oxygen atoms in total. The predicted molar refractivity (Wildman–Crippen MR) is 127 cm³/mol. The first-order valence-electron chi connectivity index (χ1n) is 11.3. The van der Waals surface area contributed by atoms with Crippen molar-refractivity contribution < 1.29 is 19.5 Å². The Morgan fingerprint density at radius 2 is 1.65 bits per heavy atom. The van der Waals surface area contributed by atoms with Crippen molar-refractivity contribution >= 4 is 28.8 Å². The number of aromatic nitrogens is 2. The second-order valence-corrected chi connectivity index (χ2v) is 8.65. The fraction of sp³-hybridized carbons (Fsp3) is 0.320. The van der Waals surface area contributed by atoms with E-state index < -0.39 is 12.0 Å².